The second-order valence-electron chi connectivity index (χ2n) is 5.16. The molecule has 128 valence electrons. The number of nitrogens with zero attached hydrogens (tertiary/aromatic N) is 3. The molecule has 0 saturated heterocycles. The van der Waals surface area contributed by atoms with Crippen molar-refractivity contribution in [2.45, 2.75) is 4.90 Å². The van der Waals surface area contributed by atoms with Gasteiger partial charge in [-0.3, -0.25) is 4.79 Å². The fourth-order valence-electron chi connectivity index (χ4n) is 2.17. The van der Waals surface area contributed by atoms with Crippen LogP contribution in [-0.2, 0) is 14.8 Å². The minimum atomic E-state index is -3.66. The number of sulfonamides is 1. The summed E-state index contributed by atoms with van der Waals surface area (Å²) in [7, 11) is 1.54. The number of benzene rings is 1. The van der Waals surface area contributed by atoms with Crippen LogP contribution in [0.3, 0.4) is 0 Å². The van der Waals surface area contributed by atoms with Crippen molar-refractivity contribution in [3.05, 3.63) is 29.8 Å². The number of nitrogens with one attached hydrogen (secondary N) is 1. The van der Waals surface area contributed by atoms with Crippen molar-refractivity contribution < 1.29 is 13.2 Å². The van der Waals surface area contributed by atoms with Gasteiger partial charge in [0, 0.05) is 32.7 Å². The van der Waals surface area contributed by atoms with E-state index in [9.17, 15) is 13.2 Å². The van der Waals surface area contributed by atoms with Crippen molar-refractivity contribution >= 4 is 34.2 Å². The molecule has 9 heteroatoms. The lowest BCUT2D eigenvalue weighted by Gasteiger charge is -2.23. The number of fused-ring (bicyclic) bond motifs is 1. The topological polar surface area (TPSA) is 82.1 Å². The molecule has 0 aliphatic carbocycles. The molecule has 0 spiro atoms. The van der Waals surface area contributed by atoms with Crippen LogP contribution < -0.4 is 5.32 Å². The molecule has 1 N–H and O–H groups in total. The first kappa shape index (κ1) is 19.4. The molecule has 7 nitrogen and oxygen atoms in total. The molecule has 0 saturated carbocycles. The molecule has 1 aromatic carbocycles. The molecule has 1 heterocycles. The average Bonchev–Trinajstić information content (AvgIpc) is 2.77. The minimum Gasteiger partial charge on any atom is -0.349 e. The van der Waals surface area contributed by atoms with Crippen molar-refractivity contribution in [3.8, 4) is 0 Å². The number of carbonyl (C=O) groups is 1. The summed E-state index contributed by atoms with van der Waals surface area (Å²) in [6.07, 6.45) is 0. The molecule has 1 aliphatic rings. The first-order chi connectivity index (χ1) is 10.4. The summed E-state index contributed by atoms with van der Waals surface area (Å²) in [5, 5.41) is 2.98. The monoisotopic (exact) mass is 360 g/mol. The lowest BCUT2D eigenvalue weighted by atomic mass is 10.2. The van der Waals surface area contributed by atoms with E-state index in [4.69, 9.17) is 0 Å². The number of rotatable bonds is 5. The Morgan fingerprint density at radius 2 is 1.91 bits per heavy atom. The van der Waals surface area contributed by atoms with Crippen LogP contribution in [0, 0.1) is 0 Å². The number of amidine groups is 1. The summed E-state index contributed by atoms with van der Waals surface area (Å²) in [4.78, 5) is 15.5. The van der Waals surface area contributed by atoms with E-state index in [0.29, 0.717) is 24.5 Å². The fourth-order valence-corrected chi connectivity index (χ4v) is 3.42. The molecule has 1 aliphatic heterocycles. The lowest BCUT2D eigenvalue weighted by molar-refractivity contribution is -0.129. The maximum atomic E-state index is 12.1. The molecule has 2 rings (SSSR count). The number of likely N-dealkylation sites (N-methyl/N-ethyl adjacent to an activating group) is 3. The normalized spacial score (nSPS) is 14.5. The van der Waals surface area contributed by atoms with Crippen molar-refractivity contribution in [2.24, 2.45) is 4.40 Å². The highest BCUT2D eigenvalue weighted by molar-refractivity contribution is 7.90. The zero-order chi connectivity index (χ0) is 16.3. The van der Waals surface area contributed by atoms with Crippen molar-refractivity contribution in [3.63, 3.8) is 0 Å². The molecule has 1 aromatic rings. The second-order valence-corrected chi connectivity index (χ2v) is 6.73. The number of amides is 1. The van der Waals surface area contributed by atoms with E-state index >= 15 is 0 Å². The van der Waals surface area contributed by atoms with Crippen LogP contribution in [-0.4, -0.2) is 70.7 Å². The van der Waals surface area contributed by atoms with Gasteiger partial charge >= 0.3 is 0 Å². The molecule has 23 heavy (non-hydrogen) atoms. The SMILES string of the molecule is CNCCN(C)C(=O)CN(C)C1=NS(=O)(=O)c2ccccc21.Cl. The van der Waals surface area contributed by atoms with Gasteiger partial charge in [-0.2, -0.15) is 8.42 Å². The van der Waals surface area contributed by atoms with Crippen LogP contribution in [0.25, 0.3) is 0 Å². The van der Waals surface area contributed by atoms with Crippen LogP contribution in [0.1, 0.15) is 5.56 Å². The zero-order valence-corrected chi connectivity index (χ0v) is 14.9. The lowest BCUT2D eigenvalue weighted by Crippen LogP contribution is -2.41. The van der Waals surface area contributed by atoms with Gasteiger partial charge in [-0.15, -0.1) is 16.8 Å². The van der Waals surface area contributed by atoms with E-state index in [0.717, 1.165) is 0 Å². The predicted molar refractivity (Wildman–Crippen MR) is 91.6 cm³/mol. The highest BCUT2D eigenvalue weighted by Gasteiger charge is 2.31. The quantitative estimate of drug-likeness (QED) is 0.809. The van der Waals surface area contributed by atoms with Crippen molar-refractivity contribution in [1.82, 2.24) is 15.1 Å². The van der Waals surface area contributed by atoms with Crippen LogP contribution in [0.2, 0.25) is 0 Å². The Balaban J connectivity index is 0.00000264. The Kier molecular flexibility index (Phi) is 6.55. The Bertz CT molecular complexity index is 706. The number of carbonyl (C=O) groups excluding carboxylic acids is 1. The smallest absolute Gasteiger partial charge is 0.285 e. The van der Waals surface area contributed by atoms with E-state index in [1.54, 1.807) is 42.1 Å². The second kappa shape index (κ2) is 7.76. The fraction of sp³-hybridized carbons (Fsp3) is 0.429. The summed E-state index contributed by atoms with van der Waals surface area (Å²) in [5.41, 5.74) is 0.538. The van der Waals surface area contributed by atoms with Gasteiger partial charge < -0.3 is 15.1 Å². The summed E-state index contributed by atoms with van der Waals surface area (Å²) in [5.74, 6) is 0.216. The molecule has 0 aromatic heterocycles. The predicted octanol–water partition coefficient (Wildman–Crippen LogP) is 0.167. The molecule has 0 radical (unpaired) electrons. The Hall–Kier alpha value is -1.64. The molecular weight excluding hydrogens is 340 g/mol. The maximum Gasteiger partial charge on any atom is 0.285 e. The van der Waals surface area contributed by atoms with E-state index < -0.39 is 10.0 Å². The van der Waals surface area contributed by atoms with E-state index in [2.05, 4.69) is 9.71 Å². The number of hydrogen-bond donors (Lipinski definition) is 1. The third kappa shape index (κ3) is 4.21. The van der Waals surface area contributed by atoms with Gasteiger partial charge in [0.25, 0.3) is 10.0 Å². The van der Waals surface area contributed by atoms with E-state index in [1.807, 2.05) is 7.05 Å². The molecule has 0 atom stereocenters. The van der Waals surface area contributed by atoms with Gasteiger partial charge in [-0.1, -0.05) is 12.1 Å². The van der Waals surface area contributed by atoms with E-state index in [-0.39, 0.29) is 29.8 Å². The van der Waals surface area contributed by atoms with Crippen molar-refractivity contribution in [1.29, 1.82) is 0 Å². The van der Waals surface area contributed by atoms with Gasteiger partial charge in [0.1, 0.15) is 4.90 Å². The third-order valence-electron chi connectivity index (χ3n) is 3.47. The minimum absolute atomic E-state index is 0. The first-order valence-corrected chi connectivity index (χ1v) is 8.35. The van der Waals surface area contributed by atoms with Gasteiger partial charge in [-0.25, -0.2) is 0 Å². The molecular formula is C14H21ClN4O3S. The Labute approximate surface area is 142 Å². The summed E-state index contributed by atoms with van der Waals surface area (Å²) in [6.45, 7) is 1.36. The molecule has 1 amide bonds. The van der Waals surface area contributed by atoms with Gasteiger partial charge in [0.05, 0.1) is 6.54 Å². The van der Waals surface area contributed by atoms with Crippen LogP contribution >= 0.6 is 12.4 Å². The maximum absolute atomic E-state index is 12.1. The number of hydrogen-bond acceptors (Lipinski definition) is 5. The zero-order valence-electron chi connectivity index (χ0n) is 13.3. The molecule has 0 bridgehead atoms. The molecule has 0 unspecified atom stereocenters. The Morgan fingerprint density at radius 3 is 2.57 bits per heavy atom. The third-order valence-corrected chi connectivity index (χ3v) is 4.79. The van der Waals surface area contributed by atoms with Gasteiger partial charge in [-0.05, 0) is 19.2 Å². The van der Waals surface area contributed by atoms with Crippen LogP contribution in [0.5, 0.6) is 0 Å². The summed E-state index contributed by atoms with van der Waals surface area (Å²) in [6, 6.07) is 6.63. The van der Waals surface area contributed by atoms with Crippen molar-refractivity contribution in [2.75, 3.05) is 40.8 Å². The Morgan fingerprint density at radius 1 is 1.26 bits per heavy atom. The largest absolute Gasteiger partial charge is 0.349 e. The standard InChI is InChI=1S/C14H20N4O3S.ClH/c1-15-8-9-17(2)13(19)10-18(3)14-11-6-4-5-7-12(11)22(20,21)16-14;/h4-7,15H,8-10H2,1-3H3;1H. The highest BCUT2D eigenvalue weighted by atomic mass is 35.5. The highest BCUT2D eigenvalue weighted by Crippen LogP contribution is 2.26. The average molecular weight is 361 g/mol. The van der Waals surface area contributed by atoms with Crippen LogP contribution in [0.4, 0.5) is 0 Å². The van der Waals surface area contributed by atoms with E-state index in [1.165, 1.54) is 6.07 Å². The van der Waals surface area contributed by atoms with Crippen LogP contribution in [0.15, 0.2) is 33.6 Å². The first-order valence-electron chi connectivity index (χ1n) is 6.91. The van der Waals surface area contributed by atoms with Gasteiger partial charge in [0.15, 0.2) is 5.84 Å². The number of halogens is 1. The summed E-state index contributed by atoms with van der Waals surface area (Å²) < 4.78 is 27.8. The molecule has 0 fully saturated rings. The van der Waals surface area contributed by atoms with Gasteiger partial charge in [0.2, 0.25) is 5.91 Å². The summed E-state index contributed by atoms with van der Waals surface area (Å²) >= 11 is 0.